The zero-order chi connectivity index (χ0) is 14.2. The molecule has 2 fully saturated rings. The predicted octanol–water partition coefficient (Wildman–Crippen LogP) is 1.55. The van der Waals surface area contributed by atoms with Crippen LogP contribution in [0.2, 0.25) is 0 Å². The van der Waals surface area contributed by atoms with Gasteiger partial charge in [0.05, 0.1) is 6.54 Å². The van der Waals surface area contributed by atoms with Gasteiger partial charge in [0.15, 0.2) is 0 Å². The summed E-state index contributed by atoms with van der Waals surface area (Å²) in [7, 11) is 0. The Morgan fingerprint density at radius 2 is 2.05 bits per heavy atom. The van der Waals surface area contributed by atoms with Crippen molar-refractivity contribution in [2.45, 2.75) is 57.5 Å². The van der Waals surface area contributed by atoms with Gasteiger partial charge in [-0.3, -0.25) is 9.59 Å². The van der Waals surface area contributed by atoms with Crippen LogP contribution < -0.4 is 5.32 Å². The highest BCUT2D eigenvalue weighted by molar-refractivity contribution is 6.00. The van der Waals surface area contributed by atoms with Gasteiger partial charge in [0, 0.05) is 0 Å². The number of carbonyl (C=O) groups is 2. The summed E-state index contributed by atoms with van der Waals surface area (Å²) < 4.78 is 25.5. The Hall–Kier alpha value is -1.20. The molecule has 0 aromatic rings. The average molecular weight is 274 g/mol. The van der Waals surface area contributed by atoms with E-state index in [0.717, 1.165) is 24.2 Å². The van der Waals surface area contributed by atoms with Crippen LogP contribution in [0.25, 0.3) is 0 Å². The van der Waals surface area contributed by atoms with E-state index < -0.39 is 24.6 Å². The number of nitrogens with one attached hydrogen (secondary N) is 1. The Balaban J connectivity index is 2.27. The van der Waals surface area contributed by atoms with E-state index in [1.54, 1.807) is 6.92 Å². The van der Waals surface area contributed by atoms with E-state index >= 15 is 0 Å². The molecule has 2 amide bonds. The minimum atomic E-state index is -2.62. The first kappa shape index (κ1) is 14.2. The van der Waals surface area contributed by atoms with Gasteiger partial charge in [0.25, 0.3) is 6.43 Å². The fourth-order valence-electron chi connectivity index (χ4n) is 2.86. The number of alkyl halides is 2. The normalized spacial score (nSPS) is 31.8. The molecule has 1 N–H and O–H groups in total. The number of carbonyl (C=O) groups excluding carboxylic acids is 2. The zero-order valence-corrected chi connectivity index (χ0v) is 11.3. The smallest absolute Gasteiger partial charge is 0.255 e. The number of halogens is 2. The van der Waals surface area contributed by atoms with Crippen LogP contribution in [0.1, 0.15) is 39.5 Å². The number of hydrogen-bond acceptors (Lipinski definition) is 2. The monoisotopic (exact) mass is 274 g/mol. The van der Waals surface area contributed by atoms with E-state index in [0.29, 0.717) is 6.42 Å². The van der Waals surface area contributed by atoms with Gasteiger partial charge in [-0.15, -0.1) is 0 Å². The largest absolute Gasteiger partial charge is 0.342 e. The molecular formula is C13H20F2N2O2. The van der Waals surface area contributed by atoms with Gasteiger partial charge in [-0.2, -0.15) is 0 Å². The Kier molecular flexibility index (Phi) is 3.78. The maximum absolute atomic E-state index is 12.7. The molecule has 0 aromatic carbocycles. The molecule has 0 bridgehead atoms. The molecule has 1 saturated heterocycles. The molecule has 1 aliphatic heterocycles. The van der Waals surface area contributed by atoms with Crippen molar-refractivity contribution < 1.29 is 18.4 Å². The number of piperazine rings is 1. The van der Waals surface area contributed by atoms with Crippen LogP contribution in [0.15, 0.2) is 0 Å². The SMILES string of the molecule is CCCC1NC(=O)C(C)(C2CC2)N(CC(F)F)C1=O. The summed E-state index contributed by atoms with van der Waals surface area (Å²) in [5, 5.41) is 2.71. The molecule has 1 aliphatic carbocycles. The van der Waals surface area contributed by atoms with Crippen LogP contribution >= 0.6 is 0 Å². The summed E-state index contributed by atoms with van der Waals surface area (Å²) in [4.78, 5) is 25.7. The molecule has 1 heterocycles. The van der Waals surface area contributed by atoms with Crippen molar-refractivity contribution in [2.75, 3.05) is 6.54 Å². The third kappa shape index (κ3) is 2.44. The van der Waals surface area contributed by atoms with Gasteiger partial charge < -0.3 is 10.2 Å². The highest BCUT2D eigenvalue weighted by atomic mass is 19.3. The number of amides is 2. The van der Waals surface area contributed by atoms with Crippen molar-refractivity contribution in [3.8, 4) is 0 Å². The van der Waals surface area contributed by atoms with Gasteiger partial charge in [-0.05, 0) is 32.1 Å². The third-order valence-electron chi connectivity index (χ3n) is 4.16. The van der Waals surface area contributed by atoms with Gasteiger partial charge in [-0.25, -0.2) is 8.78 Å². The second-order valence-electron chi connectivity index (χ2n) is 5.58. The molecule has 0 aromatic heterocycles. The Bertz CT molecular complexity index is 385. The van der Waals surface area contributed by atoms with E-state index in [4.69, 9.17) is 0 Å². The first-order valence-electron chi connectivity index (χ1n) is 6.81. The second-order valence-corrected chi connectivity index (χ2v) is 5.58. The Morgan fingerprint density at radius 1 is 1.42 bits per heavy atom. The summed E-state index contributed by atoms with van der Waals surface area (Å²) in [5.74, 6) is -0.636. The Morgan fingerprint density at radius 3 is 2.53 bits per heavy atom. The van der Waals surface area contributed by atoms with E-state index in [1.165, 1.54) is 0 Å². The van der Waals surface area contributed by atoms with Crippen LogP contribution in [0.3, 0.4) is 0 Å². The van der Waals surface area contributed by atoms with E-state index in [9.17, 15) is 18.4 Å². The molecular weight excluding hydrogens is 254 g/mol. The van der Waals surface area contributed by atoms with Gasteiger partial charge in [0.2, 0.25) is 11.8 Å². The summed E-state index contributed by atoms with van der Waals surface area (Å²) in [6, 6.07) is -0.650. The third-order valence-corrected chi connectivity index (χ3v) is 4.16. The summed E-state index contributed by atoms with van der Waals surface area (Å²) in [6.45, 7) is 2.85. The molecule has 0 spiro atoms. The quantitative estimate of drug-likeness (QED) is 0.827. The van der Waals surface area contributed by atoms with Crippen LogP contribution in [-0.2, 0) is 9.59 Å². The van der Waals surface area contributed by atoms with Crippen molar-refractivity contribution in [1.29, 1.82) is 0 Å². The van der Waals surface area contributed by atoms with E-state index in [2.05, 4.69) is 5.32 Å². The number of nitrogens with zero attached hydrogens (tertiary/aromatic N) is 1. The molecule has 0 radical (unpaired) electrons. The van der Waals surface area contributed by atoms with Crippen molar-refractivity contribution >= 4 is 11.8 Å². The van der Waals surface area contributed by atoms with Crippen LogP contribution in [0, 0.1) is 5.92 Å². The molecule has 2 unspecified atom stereocenters. The van der Waals surface area contributed by atoms with Crippen LogP contribution in [0.5, 0.6) is 0 Å². The minimum Gasteiger partial charge on any atom is -0.342 e. The maximum Gasteiger partial charge on any atom is 0.255 e. The van der Waals surface area contributed by atoms with Crippen molar-refractivity contribution in [1.82, 2.24) is 10.2 Å². The molecule has 6 heteroatoms. The molecule has 2 atom stereocenters. The van der Waals surface area contributed by atoms with Crippen LogP contribution in [0.4, 0.5) is 8.78 Å². The average Bonchev–Trinajstić information content (AvgIpc) is 3.16. The standard InChI is InChI=1S/C13H20F2N2O2/c1-3-4-9-11(18)17(7-10(14)15)13(2,8-5-6-8)12(19)16-9/h8-10H,3-7H2,1-2H3,(H,16,19). The predicted molar refractivity (Wildman–Crippen MR) is 65.7 cm³/mol. The fraction of sp³-hybridized carbons (Fsp3) is 0.846. The van der Waals surface area contributed by atoms with Gasteiger partial charge in [0.1, 0.15) is 11.6 Å². The second kappa shape index (κ2) is 5.06. The molecule has 2 aliphatic rings. The van der Waals surface area contributed by atoms with E-state index in [-0.39, 0.29) is 17.7 Å². The van der Waals surface area contributed by atoms with Crippen molar-refractivity contribution in [3.05, 3.63) is 0 Å². The lowest BCUT2D eigenvalue weighted by Gasteiger charge is -2.46. The molecule has 19 heavy (non-hydrogen) atoms. The van der Waals surface area contributed by atoms with Gasteiger partial charge in [-0.1, -0.05) is 13.3 Å². The summed E-state index contributed by atoms with van der Waals surface area (Å²) in [5.41, 5.74) is -1.10. The number of hydrogen-bond donors (Lipinski definition) is 1. The fourth-order valence-corrected chi connectivity index (χ4v) is 2.86. The lowest BCUT2D eigenvalue weighted by molar-refractivity contribution is -0.160. The topological polar surface area (TPSA) is 49.4 Å². The summed E-state index contributed by atoms with van der Waals surface area (Å²) >= 11 is 0. The highest BCUT2D eigenvalue weighted by Gasteiger charge is 2.57. The first-order chi connectivity index (χ1) is 8.91. The maximum atomic E-state index is 12.7. The highest BCUT2D eigenvalue weighted by Crippen LogP contribution is 2.45. The van der Waals surface area contributed by atoms with Gasteiger partial charge >= 0.3 is 0 Å². The van der Waals surface area contributed by atoms with E-state index in [1.807, 2.05) is 6.92 Å². The molecule has 2 rings (SSSR count). The molecule has 1 saturated carbocycles. The van der Waals surface area contributed by atoms with Crippen molar-refractivity contribution in [3.63, 3.8) is 0 Å². The summed E-state index contributed by atoms with van der Waals surface area (Å²) in [6.07, 6.45) is 0.227. The zero-order valence-electron chi connectivity index (χ0n) is 11.3. The van der Waals surface area contributed by atoms with Crippen molar-refractivity contribution in [2.24, 2.45) is 5.92 Å². The van der Waals surface area contributed by atoms with Crippen LogP contribution in [-0.4, -0.2) is 41.3 Å². The molecule has 108 valence electrons. The lowest BCUT2D eigenvalue weighted by Crippen LogP contribution is -2.71. The molecule has 4 nitrogen and oxygen atoms in total. The first-order valence-corrected chi connectivity index (χ1v) is 6.81. The Labute approximate surface area is 111 Å². The number of rotatable bonds is 5. The minimum absolute atomic E-state index is 0.0118. The lowest BCUT2D eigenvalue weighted by atomic mass is 9.87.